The number of likely N-dealkylation sites (tertiary alicyclic amines) is 1. The van der Waals surface area contributed by atoms with Crippen molar-refractivity contribution >= 4 is 17.5 Å². The summed E-state index contributed by atoms with van der Waals surface area (Å²) < 4.78 is 33.9. The Kier molecular flexibility index (Phi) is 10.6. The Morgan fingerprint density at radius 3 is 2.11 bits per heavy atom. The Balaban J connectivity index is 1.68. The van der Waals surface area contributed by atoms with Crippen LogP contribution in [-0.4, -0.2) is 77.8 Å². The molecule has 1 amide bonds. The van der Waals surface area contributed by atoms with E-state index in [-0.39, 0.29) is 12.1 Å². The van der Waals surface area contributed by atoms with Crippen molar-refractivity contribution in [2.75, 3.05) is 60.1 Å². The first-order valence-corrected chi connectivity index (χ1v) is 14.7. The van der Waals surface area contributed by atoms with Crippen molar-refractivity contribution in [1.82, 2.24) is 10.2 Å². The first-order valence-electron chi connectivity index (χ1n) is 14.7. The lowest BCUT2D eigenvalue weighted by Gasteiger charge is -2.40. The lowest BCUT2D eigenvalue weighted by atomic mass is 10.00. The van der Waals surface area contributed by atoms with Gasteiger partial charge in [0.1, 0.15) is 5.60 Å². The van der Waals surface area contributed by atoms with Crippen molar-refractivity contribution in [2.45, 2.75) is 45.3 Å². The zero-order valence-corrected chi connectivity index (χ0v) is 27.1. The Hall–Kier alpha value is -4.47. The van der Waals surface area contributed by atoms with Crippen molar-refractivity contribution in [3.8, 4) is 28.7 Å². The van der Waals surface area contributed by atoms with Crippen molar-refractivity contribution in [3.63, 3.8) is 0 Å². The molecule has 0 radical (unpaired) electrons. The monoisotopic (exact) mass is 607 g/mol. The minimum absolute atomic E-state index is 0.133. The van der Waals surface area contributed by atoms with Crippen molar-refractivity contribution in [2.24, 2.45) is 0 Å². The molecular formula is C34H45N3O7. The molecule has 0 unspecified atom stereocenters. The van der Waals surface area contributed by atoms with Gasteiger partial charge in [-0.2, -0.15) is 0 Å². The molecule has 0 spiro atoms. The summed E-state index contributed by atoms with van der Waals surface area (Å²) in [6.07, 6.45) is 9.36. The van der Waals surface area contributed by atoms with E-state index in [0.717, 1.165) is 35.4 Å². The molecule has 10 heteroatoms. The lowest BCUT2D eigenvalue weighted by Crippen LogP contribution is -2.48. The molecule has 44 heavy (non-hydrogen) atoms. The molecular weight excluding hydrogens is 562 g/mol. The molecule has 1 N–H and O–H groups in total. The zero-order valence-electron chi connectivity index (χ0n) is 27.1. The van der Waals surface area contributed by atoms with E-state index in [0.29, 0.717) is 48.4 Å². The number of nitrogens with zero attached hydrogens (tertiary/aromatic N) is 2. The van der Waals surface area contributed by atoms with Gasteiger partial charge in [0.15, 0.2) is 23.0 Å². The Morgan fingerprint density at radius 1 is 0.909 bits per heavy atom. The molecule has 2 aromatic carbocycles. The van der Waals surface area contributed by atoms with E-state index in [4.69, 9.17) is 28.4 Å². The van der Waals surface area contributed by atoms with Gasteiger partial charge in [0.2, 0.25) is 5.75 Å². The number of nitrogens with one attached hydrogen (secondary N) is 1. The first kappa shape index (κ1) is 32.4. The fourth-order valence-corrected chi connectivity index (χ4v) is 5.48. The van der Waals surface area contributed by atoms with Crippen molar-refractivity contribution in [3.05, 3.63) is 65.9 Å². The summed E-state index contributed by atoms with van der Waals surface area (Å²) in [5, 5.41) is 3.39. The largest absolute Gasteiger partial charge is 0.493 e. The molecule has 0 saturated carbocycles. The minimum atomic E-state index is -0.538. The van der Waals surface area contributed by atoms with Crippen LogP contribution in [0.2, 0.25) is 0 Å². The molecule has 2 aliphatic rings. The second kappa shape index (κ2) is 14.3. The molecule has 0 atom stereocenters. The maximum Gasteiger partial charge on any atom is 0.410 e. The maximum absolute atomic E-state index is 12.8. The van der Waals surface area contributed by atoms with Gasteiger partial charge < -0.3 is 43.5 Å². The predicted octanol–water partition coefficient (Wildman–Crippen LogP) is 6.02. The number of hydrogen-bond donors (Lipinski definition) is 1. The molecule has 0 aliphatic carbocycles. The fraction of sp³-hybridized carbons (Fsp3) is 0.441. The number of ether oxygens (including phenoxy) is 6. The summed E-state index contributed by atoms with van der Waals surface area (Å²) in [4.78, 5) is 16.9. The van der Waals surface area contributed by atoms with Crippen LogP contribution in [0.3, 0.4) is 0 Å². The van der Waals surface area contributed by atoms with Gasteiger partial charge in [-0.05, 0) is 75.6 Å². The minimum Gasteiger partial charge on any atom is -0.493 e. The van der Waals surface area contributed by atoms with E-state index in [1.807, 2.05) is 57.3 Å². The summed E-state index contributed by atoms with van der Waals surface area (Å²) in [5.41, 5.74) is 3.21. The third kappa shape index (κ3) is 7.53. The predicted molar refractivity (Wildman–Crippen MR) is 172 cm³/mol. The lowest BCUT2D eigenvalue weighted by molar-refractivity contribution is 0.0205. The quantitative estimate of drug-likeness (QED) is 0.348. The van der Waals surface area contributed by atoms with Crippen LogP contribution in [-0.2, 0) is 4.74 Å². The number of carbonyl (C=O) groups is 1. The fourth-order valence-electron chi connectivity index (χ4n) is 5.48. The molecule has 1 fully saturated rings. The normalized spacial score (nSPS) is 15.3. The SMILES string of the molecule is COc1cc(C2=CC(CN(c3cccc(OC)c3OC)C3CCN(C(=O)OC(C)(C)C)CC3)=CC=CN2)cc(OC)c1OC. The highest BCUT2D eigenvalue weighted by Gasteiger charge is 2.31. The van der Waals surface area contributed by atoms with Crippen LogP contribution in [0.1, 0.15) is 39.2 Å². The topological polar surface area (TPSA) is 91.0 Å². The summed E-state index contributed by atoms with van der Waals surface area (Å²) in [6, 6.07) is 9.90. The van der Waals surface area contributed by atoms with Crippen LogP contribution in [0.15, 0.2) is 60.3 Å². The Morgan fingerprint density at radius 2 is 1.55 bits per heavy atom. The molecule has 2 aliphatic heterocycles. The second-order valence-electron chi connectivity index (χ2n) is 11.6. The van der Waals surface area contributed by atoms with Crippen LogP contribution >= 0.6 is 0 Å². The van der Waals surface area contributed by atoms with Crippen LogP contribution in [0.25, 0.3) is 5.70 Å². The second-order valence-corrected chi connectivity index (χ2v) is 11.6. The van der Waals surface area contributed by atoms with Gasteiger partial charge in [-0.1, -0.05) is 12.1 Å². The van der Waals surface area contributed by atoms with Crippen LogP contribution in [0.5, 0.6) is 28.7 Å². The number of hydrogen-bond acceptors (Lipinski definition) is 9. The van der Waals surface area contributed by atoms with Gasteiger partial charge >= 0.3 is 6.09 Å². The number of anilines is 1. The number of amides is 1. The number of piperidine rings is 1. The maximum atomic E-state index is 12.8. The van der Waals surface area contributed by atoms with Gasteiger partial charge in [0.25, 0.3) is 0 Å². The molecule has 238 valence electrons. The first-order chi connectivity index (χ1) is 21.1. The highest BCUT2D eigenvalue weighted by Crippen LogP contribution is 2.41. The molecule has 0 bridgehead atoms. The smallest absolute Gasteiger partial charge is 0.410 e. The number of allylic oxidation sites excluding steroid dienone is 2. The number of rotatable bonds is 10. The Labute approximate surface area is 260 Å². The van der Waals surface area contributed by atoms with E-state index in [1.165, 1.54) is 0 Å². The average Bonchev–Trinajstić information content (AvgIpc) is 3.27. The van der Waals surface area contributed by atoms with Gasteiger partial charge in [-0.15, -0.1) is 0 Å². The van der Waals surface area contributed by atoms with Gasteiger partial charge in [0.05, 0.1) is 41.2 Å². The van der Waals surface area contributed by atoms with Gasteiger partial charge in [-0.3, -0.25) is 0 Å². The summed E-state index contributed by atoms with van der Waals surface area (Å²) in [7, 11) is 8.10. The number of methoxy groups -OCH3 is 5. The van der Waals surface area contributed by atoms with Gasteiger partial charge in [-0.25, -0.2) is 4.79 Å². The third-order valence-corrected chi connectivity index (χ3v) is 7.55. The van der Waals surface area contributed by atoms with Crippen LogP contribution < -0.4 is 33.9 Å². The van der Waals surface area contributed by atoms with Crippen LogP contribution in [0.4, 0.5) is 10.5 Å². The molecule has 4 rings (SSSR count). The van der Waals surface area contributed by atoms with E-state index >= 15 is 0 Å². The molecule has 1 saturated heterocycles. The van der Waals surface area contributed by atoms with Crippen LogP contribution in [0, 0.1) is 0 Å². The number of benzene rings is 2. The third-order valence-electron chi connectivity index (χ3n) is 7.55. The highest BCUT2D eigenvalue weighted by molar-refractivity contribution is 5.74. The molecule has 10 nitrogen and oxygen atoms in total. The molecule has 2 heterocycles. The van der Waals surface area contributed by atoms with E-state index in [9.17, 15) is 4.79 Å². The standard InChI is InChI=1S/C34H45N3O7/c1-34(2,3)44-33(38)36-17-14-25(15-18-36)37(27-12-9-13-28(39-4)31(27)42-7)22-23-11-10-16-35-26(19-23)24-20-29(40-5)32(43-8)30(21-24)41-6/h9-13,16,19-21,25,35H,14-15,17-18,22H2,1-8H3. The Bertz CT molecular complexity index is 1380. The number of carbonyl (C=O) groups excluding carboxylic acids is 1. The highest BCUT2D eigenvalue weighted by atomic mass is 16.6. The van der Waals surface area contributed by atoms with E-state index in [1.54, 1.807) is 40.4 Å². The molecule has 2 aromatic rings. The summed E-state index contributed by atoms with van der Waals surface area (Å²) >= 11 is 0. The average molecular weight is 608 g/mol. The number of para-hydroxylation sites is 1. The van der Waals surface area contributed by atoms with Crippen molar-refractivity contribution in [1.29, 1.82) is 0 Å². The van der Waals surface area contributed by atoms with E-state index in [2.05, 4.69) is 28.4 Å². The molecule has 0 aromatic heterocycles. The van der Waals surface area contributed by atoms with Gasteiger partial charge in [0, 0.05) is 43.1 Å². The van der Waals surface area contributed by atoms with E-state index < -0.39 is 5.60 Å². The summed E-state index contributed by atoms with van der Waals surface area (Å²) in [5.74, 6) is 3.01. The van der Waals surface area contributed by atoms with Crippen molar-refractivity contribution < 1.29 is 33.2 Å². The zero-order chi connectivity index (χ0) is 31.9. The summed E-state index contributed by atoms with van der Waals surface area (Å²) in [6.45, 7) is 7.43.